The lowest BCUT2D eigenvalue weighted by molar-refractivity contribution is -0.173. The second-order valence-electron chi connectivity index (χ2n) is 5.40. The van der Waals surface area contributed by atoms with Gasteiger partial charge in [-0.1, -0.05) is 18.2 Å². The second kappa shape index (κ2) is 5.12. The molecule has 22 heavy (non-hydrogen) atoms. The second-order valence-corrected chi connectivity index (χ2v) is 5.40. The zero-order chi connectivity index (χ0) is 16.7. The van der Waals surface area contributed by atoms with Gasteiger partial charge in [0.1, 0.15) is 16.9 Å². The van der Waals surface area contributed by atoms with Crippen LogP contribution in [0.2, 0.25) is 0 Å². The van der Waals surface area contributed by atoms with Crippen molar-refractivity contribution >= 4 is 5.69 Å². The summed E-state index contributed by atoms with van der Waals surface area (Å²) in [6.07, 6.45) is -4.58. The van der Waals surface area contributed by atoms with E-state index in [0.29, 0.717) is 5.56 Å². The average Bonchev–Trinajstić information content (AvgIpc) is 2.42. The van der Waals surface area contributed by atoms with Crippen LogP contribution in [0.4, 0.5) is 18.9 Å². The number of aromatic hydroxyl groups is 2. The van der Waals surface area contributed by atoms with Crippen molar-refractivity contribution in [1.82, 2.24) is 0 Å². The first-order valence-electron chi connectivity index (χ1n) is 6.53. The summed E-state index contributed by atoms with van der Waals surface area (Å²) in [6, 6.07) is 7.22. The number of alkyl halides is 3. The molecule has 2 aromatic carbocycles. The van der Waals surface area contributed by atoms with Gasteiger partial charge in [-0.2, -0.15) is 13.2 Å². The van der Waals surface area contributed by atoms with Crippen molar-refractivity contribution < 1.29 is 23.4 Å². The van der Waals surface area contributed by atoms with Gasteiger partial charge in [-0.3, -0.25) is 0 Å². The minimum atomic E-state index is -4.58. The van der Waals surface area contributed by atoms with E-state index >= 15 is 0 Å². The maximum absolute atomic E-state index is 13.8. The van der Waals surface area contributed by atoms with Crippen molar-refractivity contribution in [2.24, 2.45) is 0 Å². The molecule has 0 spiro atoms. The molecule has 0 saturated heterocycles. The summed E-state index contributed by atoms with van der Waals surface area (Å²) in [5.74, 6) is -0.339. The van der Waals surface area contributed by atoms with Gasteiger partial charge >= 0.3 is 6.18 Å². The highest BCUT2D eigenvalue weighted by Crippen LogP contribution is 2.47. The van der Waals surface area contributed by atoms with Gasteiger partial charge in [0.25, 0.3) is 0 Å². The fourth-order valence-corrected chi connectivity index (χ4v) is 2.33. The van der Waals surface area contributed by atoms with Crippen LogP contribution in [0, 0.1) is 6.92 Å². The fourth-order valence-electron chi connectivity index (χ4n) is 2.33. The quantitative estimate of drug-likeness (QED) is 0.583. The summed E-state index contributed by atoms with van der Waals surface area (Å²) in [5.41, 5.74) is 3.35. The third-order valence-corrected chi connectivity index (χ3v) is 3.95. The minimum absolute atomic E-state index is 0.0135. The zero-order valence-corrected chi connectivity index (χ0v) is 12.1. The first-order chi connectivity index (χ1) is 10.1. The van der Waals surface area contributed by atoms with Crippen LogP contribution >= 0.6 is 0 Å². The van der Waals surface area contributed by atoms with E-state index in [2.05, 4.69) is 0 Å². The van der Waals surface area contributed by atoms with Crippen LogP contribution in [0.25, 0.3) is 0 Å². The lowest BCUT2D eigenvalue weighted by atomic mass is 9.75. The van der Waals surface area contributed by atoms with Crippen LogP contribution < -0.4 is 5.73 Å². The average molecular weight is 311 g/mol. The summed E-state index contributed by atoms with van der Waals surface area (Å²) in [5, 5.41) is 19.0. The van der Waals surface area contributed by atoms with Crippen LogP contribution in [0.15, 0.2) is 36.4 Å². The first kappa shape index (κ1) is 16.0. The molecule has 0 aromatic heterocycles. The predicted octanol–water partition coefficient (Wildman–Crippen LogP) is 3.86. The van der Waals surface area contributed by atoms with Crippen LogP contribution in [0.5, 0.6) is 11.5 Å². The molecule has 2 rings (SSSR count). The Balaban J connectivity index is 2.72. The molecule has 0 fully saturated rings. The number of nitrogens with two attached hydrogens (primary N) is 1. The molecule has 0 saturated carbocycles. The number of benzene rings is 2. The van der Waals surface area contributed by atoms with Crippen molar-refractivity contribution in [3.05, 3.63) is 53.1 Å². The molecule has 4 N–H and O–H groups in total. The number of phenolic OH excluding ortho intramolecular Hbond substituents is 2. The molecular weight excluding hydrogens is 295 g/mol. The molecule has 0 aliphatic heterocycles. The van der Waals surface area contributed by atoms with E-state index in [-0.39, 0.29) is 28.3 Å². The largest absolute Gasteiger partial charge is 0.508 e. The molecule has 0 bridgehead atoms. The van der Waals surface area contributed by atoms with Crippen LogP contribution in [0.3, 0.4) is 0 Å². The summed E-state index contributed by atoms with van der Waals surface area (Å²) in [7, 11) is 0. The summed E-state index contributed by atoms with van der Waals surface area (Å²) in [6.45, 7) is 2.57. The Morgan fingerprint density at radius 2 is 1.41 bits per heavy atom. The molecule has 0 heterocycles. The normalized spacial score (nSPS) is 14.6. The standard InChI is InChI=1S/C16H16F3NO2/c1-9-7-10(3-5-13(9)21)15(2,16(17,18)19)11-4-6-14(22)12(20)8-11/h3-8,21-22H,20H2,1-2H3/t15-/m0/s1. The smallest absolute Gasteiger partial charge is 0.402 e. The van der Waals surface area contributed by atoms with E-state index in [1.165, 1.54) is 31.2 Å². The molecule has 3 nitrogen and oxygen atoms in total. The number of hydrogen-bond donors (Lipinski definition) is 3. The van der Waals surface area contributed by atoms with Crippen molar-refractivity contribution in [3.63, 3.8) is 0 Å². The molecule has 6 heteroatoms. The number of hydrogen-bond acceptors (Lipinski definition) is 3. The van der Waals surface area contributed by atoms with E-state index in [1.54, 1.807) is 0 Å². The number of rotatable bonds is 2. The number of phenols is 2. The lowest BCUT2D eigenvalue weighted by Gasteiger charge is -2.33. The molecule has 118 valence electrons. The number of aryl methyl sites for hydroxylation is 1. The maximum Gasteiger partial charge on any atom is 0.402 e. The highest BCUT2D eigenvalue weighted by atomic mass is 19.4. The van der Waals surface area contributed by atoms with Gasteiger partial charge < -0.3 is 15.9 Å². The van der Waals surface area contributed by atoms with Gasteiger partial charge in [-0.05, 0) is 48.7 Å². The van der Waals surface area contributed by atoms with E-state index in [4.69, 9.17) is 5.73 Å². The Kier molecular flexibility index (Phi) is 3.73. The number of nitrogen functional groups attached to an aromatic ring is 1. The Morgan fingerprint density at radius 1 is 0.909 bits per heavy atom. The van der Waals surface area contributed by atoms with E-state index < -0.39 is 11.6 Å². The van der Waals surface area contributed by atoms with Gasteiger partial charge in [0, 0.05) is 0 Å². The van der Waals surface area contributed by atoms with Crippen LogP contribution in [0.1, 0.15) is 23.6 Å². The zero-order valence-electron chi connectivity index (χ0n) is 12.1. The topological polar surface area (TPSA) is 66.5 Å². The Morgan fingerprint density at radius 3 is 1.86 bits per heavy atom. The van der Waals surface area contributed by atoms with Crippen LogP contribution in [-0.4, -0.2) is 16.4 Å². The van der Waals surface area contributed by atoms with Gasteiger partial charge in [0.2, 0.25) is 0 Å². The van der Waals surface area contributed by atoms with Gasteiger partial charge in [0.15, 0.2) is 0 Å². The minimum Gasteiger partial charge on any atom is -0.508 e. The van der Waals surface area contributed by atoms with Crippen molar-refractivity contribution in [2.45, 2.75) is 25.4 Å². The third kappa shape index (κ3) is 2.45. The fraction of sp³-hybridized carbons (Fsp3) is 0.250. The maximum atomic E-state index is 13.8. The molecule has 1 atom stereocenters. The number of anilines is 1. The Bertz CT molecular complexity index is 660. The van der Waals surface area contributed by atoms with Gasteiger partial charge in [0.05, 0.1) is 5.69 Å². The Hall–Kier alpha value is -2.37. The van der Waals surface area contributed by atoms with E-state index in [0.717, 1.165) is 19.1 Å². The molecule has 0 radical (unpaired) electrons. The Labute approximate surface area is 125 Å². The summed E-state index contributed by atoms with van der Waals surface area (Å²) in [4.78, 5) is 0. The van der Waals surface area contributed by atoms with Crippen molar-refractivity contribution in [2.75, 3.05) is 5.73 Å². The monoisotopic (exact) mass is 311 g/mol. The first-order valence-corrected chi connectivity index (χ1v) is 6.53. The summed E-state index contributed by atoms with van der Waals surface area (Å²) >= 11 is 0. The highest BCUT2D eigenvalue weighted by Gasteiger charge is 2.53. The molecule has 0 amide bonds. The lowest BCUT2D eigenvalue weighted by Crippen LogP contribution is -2.40. The summed E-state index contributed by atoms with van der Waals surface area (Å²) < 4.78 is 41.3. The SMILES string of the molecule is Cc1cc([C@@](C)(c2ccc(O)c(N)c2)C(F)(F)F)ccc1O. The van der Waals surface area contributed by atoms with Gasteiger partial charge in [-0.15, -0.1) is 0 Å². The molecule has 2 aromatic rings. The molecular formula is C16H16F3NO2. The third-order valence-electron chi connectivity index (χ3n) is 3.95. The number of halogens is 3. The molecule has 0 aliphatic carbocycles. The molecule has 0 unspecified atom stereocenters. The van der Waals surface area contributed by atoms with E-state index in [1.807, 2.05) is 0 Å². The molecule has 0 aliphatic rings. The van der Waals surface area contributed by atoms with E-state index in [9.17, 15) is 23.4 Å². The van der Waals surface area contributed by atoms with Gasteiger partial charge in [-0.25, -0.2) is 0 Å². The predicted molar refractivity (Wildman–Crippen MR) is 77.9 cm³/mol. The van der Waals surface area contributed by atoms with Crippen LogP contribution in [-0.2, 0) is 5.41 Å². The highest BCUT2D eigenvalue weighted by molar-refractivity contribution is 5.57. The van der Waals surface area contributed by atoms with Crippen molar-refractivity contribution in [1.29, 1.82) is 0 Å². The van der Waals surface area contributed by atoms with Crippen molar-refractivity contribution in [3.8, 4) is 11.5 Å².